The molecule has 2 heterocycles. The highest BCUT2D eigenvalue weighted by atomic mass is 127. The minimum atomic E-state index is -1.07. The molecule has 0 aliphatic heterocycles. The third kappa shape index (κ3) is 3.73. The van der Waals surface area contributed by atoms with Gasteiger partial charge in [-0.05, 0) is 71.5 Å². The van der Waals surface area contributed by atoms with Crippen molar-refractivity contribution in [2.45, 2.75) is 13.5 Å². The van der Waals surface area contributed by atoms with E-state index >= 15 is 0 Å². The molecule has 0 unspecified atom stereocenters. The second-order valence-electron chi connectivity index (χ2n) is 6.49. The van der Waals surface area contributed by atoms with Crippen LogP contribution in [-0.2, 0) is 6.54 Å². The highest BCUT2D eigenvalue weighted by Crippen LogP contribution is 2.24. The molecule has 2 aromatic carbocycles. The molecule has 2 aromatic heterocycles. The van der Waals surface area contributed by atoms with Crippen LogP contribution in [0.3, 0.4) is 0 Å². The highest BCUT2D eigenvalue weighted by Gasteiger charge is 2.12. The number of halogens is 1. The second kappa shape index (κ2) is 7.63. The number of carboxylic acids is 1. The van der Waals surface area contributed by atoms with E-state index < -0.39 is 5.97 Å². The Morgan fingerprint density at radius 3 is 2.79 bits per heavy atom. The first-order valence-corrected chi connectivity index (χ1v) is 9.79. The lowest BCUT2D eigenvalue weighted by molar-refractivity contribution is 0.0660. The van der Waals surface area contributed by atoms with Gasteiger partial charge in [-0.25, -0.2) is 4.79 Å². The standard InChI is InChI=1S/C22H17IN2O3/c1-14-10-16(6-8-19(14)23)24-11-15-12-25(20-5-3-2-4-18(15)20)13-17-7-9-21(28-17)22(26)27/h2-12H,13H2,1H3,(H,26,27). The van der Waals surface area contributed by atoms with E-state index in [9.17, 15) is 4.79 Å². The van der Waals surface area contributed by atoms with Crippen LogP contribution in [0.4, 0.5) is 5.69 Å². The monoisotopic (exact) mass is 484 g/mol. The summed E-state index contributed by atoms with van der Waals surface area (Å²) in [6.45, 7) is 2.52. The Morgan fingerprint density at radius 2 is 2.04 bits per heavy atom. The number of nitrogens with zero attached hydrogens (tertiary/aromatic N) is 2. The average Bonchev–Trinajstić information content (AvgIpc) is 3.29. The van der Waals surface area contributed by atoms with Gasteiger partial charge < -0.3 is 14.1 Å². The Hall–Kier alpha value is -2.87. The molecular weight excluding hydrogens is 467 g/mol. The van der Waals surface area contributed by atoms with E-state index in [-0.39, 0.29) is 5.76 Å². The largest absolute Gasteiger partial charge is 0.475 e. The van der Waals surface area contributed by atoms with Crippen molar-refractivity contribution >= 4 is 51.4 Å². The zero-order valence-electron chi connectivity index (χ0n) is 15.1. The maximum atomic E-state index is 11.0. The molecule has 0 amide bonds. The van der Waals surface area contributed by atoms with Gasteiger partial charge in [-0.1, -0.05) is 18.2 Å². The van der Waals surface area contributed by atoms with E-state index in [1.807, 2.05) is 41.2 Å². The van der Waals surface area contributed by atoms with Gasteiger partial charge in [-0.3, -0.25) is 4.99 Å². The smallest absolute Gasteiger partial charge is 0.371 e. The molecule has 0 aliphatic carbocycles. The van der Waals surface area contributed by atoms with Crippen molar-refractivity contribution in [3.8, 4) is 0 Å². The fraction of sp³-hybridized carbons (Fsp3) is 0.0909. The van der Waals surface area contributed by atoms with Crippen LogP contribution < -0.4 is 0 Å². The number of fused-ring (bicyclic) bond motifs is 1. The number of aliphatic imine (C=N–C) groups is 1. The molecule has 28 heavy (non-hydrogen) atoms. The Bertz CT molecular complexity index is 1200. The molecule has 1 N–H and O–H groups in total. The first kappa shape index (κ1) is 18.5. The molecule has 4 rings (SSSR count). The Labute approximate surface area is 175 Å². The van der Waals surface area contributed by atoms with Crippen molar-refractivity contribution in [2.75, 3.05) is 0 Å². The van der Waals surface area contributed by atoms with Crippen molar-refractivity contribution in [3.05, 3.63) is 87.0 Å². The number of aryl methyl sites for hydroxylation is 1. The van der Waals surface area contributed by atoms with Gasteiger partial charge >= 0.3 is 5.97 Å². The van der Waals surface area contributed by atoms with E-state index in [2.05, 4.69) is 52.7 Å². The van der Waals surface area contributed by atoms with Crippen LogP contribution in [-0.4, -0.2) is 21.9 Å². The summed E-state index contributed by atoms with van der Waals surface area (Å²) in [5, 5.41) is 10.1. The lowest BCUT2D eigenvalue weighted by atomic mass is 10.2. The van der Waals surface area contributed by atoms with Gasteiger partial charge in [0.05, 0.1) is 12.2 Å². The number of para-hydroxylation sites is 1. The number of rotatable bonds is 5. The molecule has 0 aliphatic rings. The Kier molecular flexibility index (Phi) is 5.04. The summed E-state index contributed by atoms with van der Waals surface area (Å²) in [5.41, 5.74) is 4.14. The van der Waals surface area contributed by atoms with Gasteiger partial charge in [0.2, 0.25) is 5.76 Å². The summed E-state index contributed by atoms with van der Waals surface area (Å²) in [4.78, 5) is 15.7. The first-order valence-electron chi connectivity index (χ1n) is 8.71. The number of aromatic carboxylic acids is 1. The van der Waals surface area contributed by atoms with E-state index in [4.69, 9.17) is 9.52 Å². The SMILES string of the molecule is Cc1cc(N=Cc2cn(Cc3ccc(C(=O)O)o3)c3ccccc23)ccc1I. The van der Waals surface area contributed by atoms with Crippen molar-refractivity contribution < 1.29 is 14.3 Å². The zero-order chi connectivity index (χ0) is 19.7. The Morgan fingerprint density at radius 1 is 1.21 bits per heavy atom. The second-order valence-corrected chi connectivity index (χ2v) is 7.65. The first-order chi connectivity index (χ1) is 13.5. The molecule has 6 heteroatoms. The summed E-state index contributed by atoms with van der Waals surface area (Å²) in [7, 11) is 0. The zero-order valence-corrected chi connectivity index (χ0v) is 17.3. The van der Waals surface area contributed by atoms with E-state index in [1.54, 1.807) is 6.07 Å². The third-order valence-corrected chi connectivity index (χ3v) is 5.72. The van der Waals surface area contributed by atoms with Gasteiger partial charge in [-0.2, -0.15) is 0 Å². The summed E-state index contributed by atoms with van der Waals surface area (Å²) >= 11 is 2.31. The van der Waals surface area contributed by atoms with Gasteiger partial charge in [0, 0.05) is 32.4 Å². The van der Waals surface area contributed by atoms with Crippen LogP contribution >= 0.6 is 22.6 Å². The fourth-order valence-corrected chi connectivity index (χ4v) is 3.44. The number of carboxylic acid groups (broad SMARTS) is 1. The quantitative estimate of drug-likeness (QED) is 0.294. The molecule has 0 atom stereocenters. The average molecular weight is 484 g/mol. The van der Waals surface area contributed by atoms with Gasteiger partial charge in [0.25, 0.3) is 0 Å². The van der Waals surface area contributed by atoms with Crippen LogP contribution in [0.5, 0.6) is 0 Å². The molecule has 0 spiro atoms. The predicted molar refractivity (Wildman–Crippen MR) is 118 cm³/mol. The molecule has 0 bridgehead atoms. The maximum Gasteiger partial charge on any atom is 0.371 e. The lowest BCUT2D eigenvalue weighted by Crippen LogP contribution is -1.97. The Balaban J connectivity index is 1.68. The predicted octanol–water partition coefficient (Wildman–Crippen LogP) is 5.64. The van der Waals surface area contributed by atoms with Crippen LogP contribution in [0, 0.1) is 10.5 Å². The van der Waals surface area contributed by atoms with Crippen molar-refractivity contribution in [1.29, 1.82) is 0 Å². The maximum absolute atomic E-state index is 11.0. The molecule has 0 saturated carbocycles. The number of carbonyl (C=O) groups is 1. The molecular formula is C22H17IN2O3. The molecule has 0 fully saturated rings. The number of hydrogen-bond acceptors (Lipinski definition) is 3. The van der Waals surface area contributed by atoms with E-state index in [0.29, 0.717) is 12.3 Å². The highest BCUT2D eigenvalue weighted by molar-refractivity contribution is 14.1. The minimum absolute atomic E-state index is 0.0534. The lowest BCUT2D eigenvalue weighted by Gasteiger charge is -2.02. The van der Waals surface area contributed by atoms with E-state index in [0.717, 1.165) is 22.2 Å². The molecule has 0 radical (unpaired) electrons. The number of furan rings is 1. The molecule has 5 nitrogen and oxygen atoms in total. The van der Waals surface area contributed by atoms with E-state index in [1.165, 1.54) is 15.2 Å². The summed E-state index contributed by atoms with van der Waals surface area (Å²) in [5.74, 6) is -0.526. The summed E-state index contributed by atoms with van der Waals surface area (Å²) < 4.78 is 8.66. The van der Waals surface area contributed by atoms with Crippen LogP contribution in [0.2, 0.25) is 0 Å². The van der Waals surface area contributed by atoms with Crippen molar-refractivity contribution in [3.63, 3.8) is 0 Å². The van der Waals surface area contributed by atoms with Crippen LogP contribution in [0.1, 0.15) is 27.4 Å². The van der Waals surface area contributed by atoms with Crippen molar-refractivity contribution in [1.82, 2.24) is 4.57 Å². The van der Waals surface area contributed by atoms with Gasteiger partial charge in [-0.15, -0.1) is 0 Å². The third-order valence-electron chi connectivity index (χ3n) is 4.51. The normalized spacial score (nSPS) is 11.5. The number of aromatic nitrogens is 1. The minimum Gasteiger partial charge on any atom is -0.475 e. The topological polar surface area (TPSA) is 67.7 Å². The molecule has 140 valence electrons. The summed E-state index contributed by atoms with van der Waals surface area (Å²) in [6.07, 6.45) is 3.88. The molecule has 4 aromatic rings. The van der Waals surface area contributed by atoms with Crippen molar-refractivity contribution in [2.24, 2.45) is 4.99 Å². The summed E-state index contributed by atoms with van der Waals surface area (Å²) in [6, 6.07) is 17.4. The van der Waals surface area contributed by atoms with Gasteiger partial charge in [0.1, 0.15) is 5.76 Å². The van der Waals surface area contributed by atoms with Gasteiger partial charge in [0.15, 0.2) is 0 Å². The number of benzene rings is 2. The number of hydrogen-bond donors (Lipinski definition) is 1. The van der Waals surface area contributed by atoms with Crippen LogP contribution in [0.15, 0.2) is 70.2 Å². The fourth-order valence-electron chi connectivity index (χ4n) is 3.11. The molecule has 0 saturated heterocycles. The van der Waals surface area contributed by atoms with Crippen LogP contribution in [0.25, 0.3) is 10.9 Å².